The average molecular weight is 471 g/mol. The molecule has 0 spiro atoms. The number of aryl methyl sites for hydroxylation is 2. The molecule has 172 valence electrons. The van der Waals surface area contributed by atoms with Crippen molar-refractivity contribution in [3.8, 4) is 22.6 Å². The van der Waals surface area contributed by atoms with Crippen molar-refractivity contribution in [1.29, 1.82) is 0 Å². The van der Waals surface area contributed by atoms with Crippen LogP contribution in [0.3, 0.4) is 0 Å². The first-order valence-electron chi connectivity index (χ1n) is 9.92. The largest absolute Gasteiger partial charge is 0.454 e. The molecule has 9 heteroatoms. The highest BCUT2D eigenvalue weighted by Gasteiger charge is 2.16. The minimum Gasteiger partial charge on any atom is -0.454 e. The van der Waals surface area contributed by atoms with E-state index in [2.05, 4.69) is 11.3 Å². The van der Waals surface area contributed by atoms with E-state index in [1.807, 2.05) is 0 Å². The van der Waals surface area contributed by atoms with E-state index >= 15 is 0 Å². The minimum absolute atomic E-state index is 0.0185. The first kappa shape index (κ1) is 23.9. The highest BCUT2D eigenvalue weighted by atomic mass is 32.2. The van der Waals surface area contributed by atoms with Crippen LogP contribution in [-0.2, 0) is 28.3 Å². The number of hydrogen-bond acceptors (Lipinski definition) is 5. The molecule has 0 unspecified atom stereocenters. The van der Waals surface area contributed by atoms with Crippen molar-refractivity contribution in [2.24, 2.45) is 7.05 Å². The molecule has 7 nitrogen and oxygen atoms in total. The Morgan fingerprint density at radius 1 is 1.18 bits per heavy atom. The van der Waals surface area contributed by atoms with Crippen LogP contribution in [0.1, 0.15) is 18.1 Å². The molecule has 0 saturated heterocycles. The van der Waals surface area contributed by atoms with Crippen molar-refractivity contribution in [2.45, 2.75) is 20.3 Å². The van der Waals surface area contributed by atoms with E-state index in [0.29, 0.717) is 11.1 Å². The number of halogens is 1. The lowest BCUT2D eigenvalue weighted by Gasteiger charge is -2.16. The van der Waals surface area contributed by atoms with Crippen LogP contribution in [0, 0.1) is 12.7 Å². The third kappa shape index (κ3) is 5.75. The van der Waals surface area contributed by atoms with Crippen LogP contribution >= 0.6 is 0 Å². The molecule has 0 aliphatic carbocycles. The number of anilines is 1. The van der Waals surface area contributed by atoms with Crippen LogP contribution in [-0.4, -0.2) is 18.8 Å². The molecule has 1 heterocycles. The maximum atomic E-state index is 14.4. The number of Topliss-reactive ketones (excluding diaryl/α,β-unsaturated/α-hetero) is 1. The number of ketones is 1. The molecule has 0 amide bonds. The van der Waals surface area contributed by atoms with Crippen molar-refractivity contribution >= 4 is 21.5 Å². The molecule has 3 rings (SSSR count). The number of rotatable bonds is 8. The fourth-order valence-electron chi connectivity index (χ4n) is 3.24. The third-order valence-electron chi connectivity index (χ3n) is 4.77. The topological polar surface area (TPSA) is 94.5 Å². The van der Waals surface area contributed by atoms with E-state index in [1.165, 1.54) is 48.0 Å². The Hall–Kier alpha value is -3.72. The van der Waals surface area contributed by atoms with Gasteiger partial charge in [-0.15, -0.1) is 0 Å². The fourth-order valence-corrected chi connectivity index (χ4v) is 3.78. The molecule has 3 aromatic rings. The first-order valence-corrected chi connectivity index (χ1v) is 11.5. The van der Waals surface area contributed by atoms with E-state index in [9.17, 15) is 22.4 Å². The van der Waals surface area contributed by atoms with Gasteiger partial charge in [0.15, 0.2) is 11.6 Å². The number of nitrogens with zero attached hydrogens (tertiary/aromatic N) is 1. The Balaban J connectivity index is 2.19. The number of sulfonamides is 1. The van der Waals surface area contributed by atoms with Gasteiger partial charge in [0.2, 0.25) is 0 Å². The number of ether oxygens (including phenoxy) is 1. The predicted octanol–water partition coefficient (Wildman–Crippen LogP) is 4.31. The zero-order valence-corrected chi connectivity index (χ0v) is 19.2. The van der Waals surface area contributed by atoms with Crippen LogP contribution in [0.4, 0.5) is 10.1 Å². The van der Waals surface area contributed by atoms with Gasteiger partial charge in [0, 0.05) is 47.5 Å². The highest BCUT2D eigenvalue weighted by Crippen LogP contribution is 2.37. The number of hydrogen-bond donors (Lipinski definition) is 1. The minimum atomic E-state index is -3.78. The van der Waals surface area contributed by atoms with Gasteiger partial charge >= 0.3 is 0 Å². The van der Waals surface area contributed by atoms with Gasteiger partial charge in [-0.1, -0.05) is 12.6 Å². The highest BCUT2D eigenvalue weighted by molar-refractivity contribution is 7.95. The van der Waals surface area contributed by atoms with E-state index < -0.39 is 15.8 Å². The summed E-state index contributed by atoms with van der Waals surface area (Å²) in [5, 5.41) is 0.774. The number of nitrogens with one attached hydrogen (secondary N) is 1. The second-order valence-corrected chi connectivity index (χ2v) is 9.24. The Morgan fingerprint density at radius 2 is 1.88 bits per heavy atom. The molecule has 0 aliphatic rings. The zero-order valence-electron chi connectivity index (χ0n) is 18.4. The summed E-state index contributed by atoms with van der Waals surface area (Å²) < 4.78 is 47.8. The molecule has 0 atom stereocenters. The lowest BCUT2D eigenvalue weighted by molar-refractivity contribution is -0.116. The maximum Gasteiger partial charge on any atom is 0.254 e. The smallest absolute Gasteiger partial charge is 0.254 e. The zero-order chi connectivity index (χ0) is 24.3. The second kappa shape index (κ2) is 9.41. The van der Waals surface area contributed by atoms with Crippen molar-refractivity contribution in [2.75, 3.05) is 4.72 Å². The third-order valence-corrected chi connectivity index (χ3v) is 5.73. The molecule has 0 saturated carbocycles. The molecule has 0 bridgehead atoms. The molecule has 0 aliphatic heterocycles. The van der Waals surface area contributed by atoms with Crippen molar-refractivity contribution in [1.82, 2.24) is 4.57 Å². The normalized spacial score (nSPS) is 11.2. The Morgan fingerprint density at radius 3 is 2.52 bits per heavy atom. The first-order chi connectivity index (χ1) is 15.5. The number of carbonyl (C=O) groups excluding carboxylic acids is 1. The Labute approximate surface area is 191 Å². The molecular formula is C24H23FN2O5S. The van der Waals surface area contributed by atoms with E-state index in [0.717, 1.165) is 11.0 Å². The lowest BCUT2D eigenvalue weighted by atomic mass is 10.0. The number of benzene rings is 2. The molecule has 0 fully saturated rings. The number of carbonyl (C=O) groups is 1. The van der Waals surface area contributed by atoms with Gasteiger partial charge in [-0.2, -0.15) is 0 Å². The number of pyridine rings is 1. The summed E-state index contributed by atoms with van der Waals surface area (Å²) in [4.78, 5) is 24.1. The van der Waals surface area contributed by atoms with E-state index in [4.69, 9.17) is 4.74 Å². The van der Waals surface area contributed by atoms with Gasteiger partial charge in [0.05, 0.1) is 0 Å². The summed E-state index contributed by atoms with van der Waals surface area (Å²) in [6, 6.07) is 10.5. The monoisotopic (exact) mass is 470 g/mol. The van der Waals surface area contributed by atoms with Crippen LogP contribution in [0.25, 0.3) is 11.1 Å². The SMILES string of the molecule is C=CS(=O)(=O)Nc1ccc(Oc2ccc(C)cc2F)c(-c2cc(CC(C)=O)c(=O)n(C)c2)c1. The van der Waals surface area contributed by atoms with Crippen LogP contribution in [0.5, 0.6) is 11.5 Å². The number of aromatic nitrogens is 1. The Bertz CT molecular complexity index is 1410. The second-order valence-electron chi connectivity index (χ2n) is 7.61. The summed E-state index contributed by atoms with van der Waals surface area (Å²) in [5.74, 6) is -0.535. The molecule has 1 aromatic heterocycles. The molecule has 2 aromatic carbocycles. The van der Waals surface area contributed by atoms with Gasteiger partial charge < -0.3 is 9.30 Å². The summed E-state index contributed by atoms with van der Waals surface area (Å²) >= 11 is 0. The lowest BCUT2D eigenvalue weighted by Crippen LogP contribution is -2.22. The summed E-state index contributed by atoms with van der Waals surface area (Å²) in [6.45, 7) is 6.40. The standard InChI is InChI=1S/C24H23FN2O5S/c1-5-33(30,31)26-19-7-9-22(32-23-8-6-15(2)10-21(23)25)20(13-19)18-12-17(11-16(3)28)24(29)27(4)14-18/h5-10,12-14,26H,1,11H2,2-4H3. The fraction of sp³-hybridized carbons (Fsp3) is 0.167. The summed E-state index contributed by atoms with van der Waals surface area (Å²) in [6.07, 6.45) is 1.47. The van der Waals surface area contributed by atoms with Gasteiger partial charge in [-0.25, -0.2) is 12.8 Å². The van der Waals surface area contributed by atoms with Gasteiger partial charge in [-0.05, 0) is 55.8 Å². The van der Waals surface area contributed by atoms with Crippen LogP contribution < -0.4 is 15.0 Å². The molecule has 33 heavy (non-hydrogen) atoms. The molecule has 1 N–H and O–H groups in total. The van der Waals surface area contributed by atoms with Crippen molar-refractivity contribution in [3.05, 3.63) is 87.9 Å². The predicted molar refractivity (Wildman–Crippen MR) is 125 cm³/mol. The van der Waals surface area contributed by atoms with Gasteiger partial charge in [0.25, 0.3) is 15.6 Å². The molecule has 0 radical (unpaired) electrons. The Kier molecular flexibility index (Phi) is 6.83. The van der Waals surface area contributed by atoms with E-state index in [1.54, 1.807) is 26.1 Å². The summed E-state index contributed by atoms with van der Waals surface area (Å²) in [7, 11) is -2.24. The maximum absolute atomic E-state index is 14.4. The van der Waals surface area contributed by atoms with Gasteiger partial charge in [0.1, 0.15) is 11.5 Å². The average Bonchev–Trinajstić information content (AvgIpc) is 2.73. The van der Waals surface area contributed by atoms with Crippen molar-refractivity contribution in [3.63, 3.8) is 0 Å². The summed E-state index contributed by atoms with van der Waals surface area (Å²) in [5.41, 5.74) is 1.75. The van der Waals surface area contributed by atoms with Gasteiger partial charge in [-0.3, -0.25) is 14.3 Å². The molecular weight excluding hydrogens is 447 g/mol. The van der Waals surface area contributed by atoms with Crippen molar-refractivity contribution < 1.29 is 22.3 Å². The van der Waals surface area contributed by atoms with E-state index in [-0.39, 0.29) is 40.5 Å². The van der Waals surface area contributed by atoms with Crippen LogP contribution in [0.2, 0.25) is 0 Å². The van der Waals surface area contributed by atoms with Crippen LogP contribution in [0.15, 0.2) is 65.4 Å². The quantitative estimate of drug-likeness (QED) is 0.530.